The summed E-state index contributed by atoms with van der Waals surface area (Å²) < 4.78 is 0. The predicted octanol–water partition coefficient (Wildman–Crippen LogP) is 3.08. The monoisotopic (exact) mass is 354 g/mol. The molecular formula is C20H22N2O2S. The molecule has 0 saturated carbocycles. The minimum atomic E-state index is -0.410. The molecular weight excluding hydrogens is 332 g/mol. The molecule has 0 spiro atoms. The Kier molecular flexibility index (Phi) is 5.76. The van der Waals surface area contributed by atoms with E-state index in [2.05, 4.69) is 12.2 Å². The highest BCUT2D eigenvalue weighted by Gasteiger charge is 2.34. The first-order valence-electron chi connectivity index (χ1n) is 8.48. The normalized spacial score (nSPS) is 16.7. The van der Waals surface area contributed by atoms with E-state index in [4.69, 9.17) is 0 Å². The summed E-state index contributed by atoms with van der Waals surface area (Å²) in [5.74, 6) is 1.02. The highest BCUT2D eigenvalue weighted by atomic mass is 32.2. The van der Waals surface area contributed by atoms with Crippen molar-refractivity contribution >= 4 is 23.6 Å². The van der Waals surface area contributed by atoms with Gasteiger partial charge in [0.2, 0.25) is 5.91 Å². The minimum Gasteiger partial charge on any atom is -0.350 e. The summed E-state index contributed by atoms with van der Waals surface area (Å²) in [6.45, 7) is 2.56. The van der Waals surface area contributed by atoms with Gasteiger partial charge in [-0.15, -0.1) is 11.8 Å². The van der Waals surface area contributed by atoms with E-state index >= 15 is 0 Å². The second-order valence-corrected chi connectivity index (χ2v) is 7.04. The molecule has 1 N–H and O–H groups in total. The summed E-state index contributed by atoms with van der Waals surface area (Å²) in [7, 11) is 0. The van der Waals surface area contributed by atoms with Crippen LogP contribution in [-0.2, 0) is 17.8 Å². The van der Waals surface area contributed by atoms with E-state index in [1.807, 2.05) is 54.6 Å². The number of benzene rings is 2. The number of amides is 2. The minimum absolute atomic E-state index is 0.0764. The van der Waals surface area contributed by atoms with E-state index in [9.17, 15) is 9.59 Å². The van der Waals surface area contributed by atoms with Crippen molar-refractivity contribution in [3.05, 3.63) is 71.3 Å². The van der Waals surface area contributed by atoms with Crippen LogP contribution in [0.25, 0.3) is 0 Å². The number of rotatable bonds is 5. The smallest absolute Gasteiger partial charge is 0.255 e. The number of hydrogen-bond acceptors (Lipinski definition) is 3. The number of hydrogen-bond donors (Lipinski definition) is 1. The zero-order valence-electron chi connectivity index (χ0n) is 14.3. The van der Waals surface area contributed by atoms with Gasteiger partial charge >= 0.3 is 0 Å². The maximum absolute atomic E-state index is 12.8. The van der Waals surface area contributed by atoms with E-state index < -0.39 is 6.04 Å². The first-order chi connectivity index (χ1) is 12.2. The molecule has 0 radical (unpaired) electrons. The highest BCUT2D eigenvalue weighted by Crippen LogP contribution is 2.23. The fraction of sp³-hybridized carbons (Fsp3) is 0.300. The van der Waals surface area contributed by atoms with Crippen LogP contribution >= 0.6 is 11.8 Å². The van der Waals surface area contributed by atoms with Gasteiger partial charge in [-0.3, -0.25) is 9.59 Å². The number of thioether (sulfide) groups is 1. The summed E-state index contributed by atoms with van der Waals surface area (Å²) in [5, 5.41) is 2.95. The molecule has 25 heavy (non-hydrogen) atoms. The van der Waals surface area contributed by atoms with Gasteiger partial charge in [-0.1, -0.05) is 49.4 Å². The van der Waals surface area contributed by atoms with Gasteiger partial charge in [0.05, 0.1) is 5.88 Å². The Morgan fingerprint density at radius 1 is 1.08 bits per heavy atom. The van der Waals surface area contributed by atoms with Crippen LogP contribution in [0, 0.1) is 0 Å². The summed E-state index contributed by atoms with van der Waals surface area (Å²) in [6.07, 6.45) is 0.943. The molecule has 5 heteroatoms. The number of nitrogens with one attached hydrogen (secondary N) is 1. The summed E-state index contributed by atoms with van der Waals surface area (Å²) in [5.41, 5.74) is 2.89. The standard InChI is InChI=1S/C20H22N2O2S/c1-2-15-8-10-17(11-9-15)20(24)22-14-25-13-18(22)19(23)21-12-16-6-4-3-5-7-16/h3-11,18H,2,12-14H2,1H3,(H,21,23). The molecule has 2 amide bonds. The van der Waals surface area contributed by atoms with Crippen molar-refractivity contribution in [1.82, 2.24) is 10.2 Å². The third kappa shape index (κ3) is 4.23. The van der Waals surface area contributed by atoms with Crippen molar-refractivity contribution in [1.29, 1.82) is 0 Å². The van der Waals surface area contributed by atoms with Crippen LogP contribution in [0.2, 0.25) is 0 Å². The molecule has 1 saturated heterocycles. The number of aryl methyl sites for hydroxylation is 1. The van der Waals surface area contributed by atoms with E-state index in [1.54, 1.807) is 16.7 Å². The lowest BCUT2D eigenvalue weighted by Crippen LogP contribution is -2.47. The predicted molar refractivity (Wildman–Crippen MR) is 101 cm³/mol. The number of carbonyl (C=O) groups excluding carboxylic acids is 2. The lowest BCUT2D eigenvalue weighted by molar-refractivity contribution is -0.124. The summed E-state index contributed by atoms with van der Waals surface area (Å²) >= 11 is 1.62. The van der Waals surface area contributed by atoms with Crippen molar-refractivity contribution < 1.29 is 9.59 Å². The van der Waals surface area contributed by atoms with Crippen molar-refractivity contribution in [2.45, 2.75) is 25.9 Å². The molecule has 1 aliphatic rings. The maximum Gasteiger partial charge on any atom is 0.255 e. The van der Waals surface area contributed by atoms with Gasteiger partial charge in [-0.2, -0.15) is 0 Å². The molecule has 1 aliphatic heterocycles. The Bertz CT molecular complexity index is 731. The first-order valence-corrected chi connectivity index (χ1v) is 9.64. The summed E-state index contributed by atoms with van der Waals surface area (Å²) in [4.78, 5) is 27.0. The van der Waals surface area contributed by atoms with Gasteiger partial charge in [0.1, 0.15) is 6.04 Å². The molecule has 1 unspecified atom stereocenters. The largest absolute Gasteiger partial charge is 0.350 e. The van der Waals surface area contributed by atoms with E-state index in [1.165, 1.54) is 5.56 Å². The third-order valence-corrected chi connectivity index (χ3v) is 5.38. The van der Waals surface area contributed by atoms with Crippen molar-refractivity contribution in [2.24, 2.45) is 0 Å². The van der Waals surface area contributed by atoms with Crippen LogP contribution in [0.5, 0.6) is 0 Å². The fourth-order valence-corrected chi connectivity index (χ4v) is 3.97. The summed E-state index contributed by atoms with van der Waals surface area (Å²) in [6, 6.07) is 17.0. The Morgan fingerprint density at radius 3 is 2.48 bits per heavy atom. The Morgan fingerprint density at radius 2 is 1.80 bits per heavy atom. The Hall–Kier alpha value is -2.27. The van der Waals surface area contributed by atoms with Gasteiger partial charge in [-0.25, -0.2) is 0 Å². The second-order valence-electron chi connectivity index (χ2n) is 6.04. The molecule has 2 aromatic rings. The molecule has 130 valence electrons. The van der Waals surface area contributed by atoms with E-state index in [-0.39, 0.29) is 11.8 Å². The van der Waals surface area contributed by atoms with Crippen molar-refractivity contribution in [3.8, 4) is 0 Å². The Labute approximate surface area is 152 Å². The topological polar surface area (TPSA) is 49.4 Å². The van der Waals surface area contributed by atoms with Crippen LogP contribution < -0.4 is 5.32 Å². The molecule has 0 aromatic heterocycles. The van der Waals surface area contributed by atoms with Crippen LogP contribution in [0.1, 0.15) is 28.4 Å². The highest BCUT2D eigenvalue weighted by molar-refractivity contribution is 7.99. The molecule has 0 aliphatic carbocycles. The molecule has 0 bridgehead atoms. The van der Waals surface area contributed by atoms with Crippen LogP contribution in [-0.4, -0.2) is 34.4 Å². The fourth-order valence-electron chi connectivity index (χ4n) is 2.81. The van der Waals surface area contributed by atoms with Gasteiger partial charge < -0.3 is 10.2 Å². The number of carbonyl (C=O) groups is 2. The average molecular weight is 354 g/mol. The quantitative estimate of drug-likeness (QED) is 0.898. The lowest BCUT2D eigenvalue weighted by Gasteiger charge is -2.23. The first kappa shape index (κ1) is 17.5. The molecule has 2 aromatic carbocycles. The molecule has 3 rings (SSSR count). The molecule has 1 atom stereocenters. The molecule has 4 nitrogen and oxygen atoms in total. The van der Waals surface area contributed by atoms with Gasteiger partial charge in [0, 0.05) is 17.9 Å². The second kappa shape index (κ2) is 8.21. The van der Waals surface area contributed by atoms with Gasteiger partial charge in [0.15, 0.2) is 0 Å². The molecule has 1 heterocycles. The SMILES string of the molecule is CCc1ccc(C(=O)N2CSCC2C(=O)NCc2ccccc2)cc1. The lowest BCUT2D eigenvalue weighted by atomic mass is 10.1. The van der Waals surface area contributed by atoms with Gasteiger partial charge in [-0.05, 0) is 29.7 Å². The third-order valence-electron chi connectivity index (χ3n) is 4.36. The number of nitrogens with zero attached hydrogens (tertiary/aromatic N) is 1. The van der Waals surface area contributed by atoms with E-state index in [0.717, 1.165) is 12.0 Å². The average Bonchev–Trinajstić information content (AvgIpc) is 3.16. The van der Waals surface area contributed by atoms with Crippen LogP contribution in [0.4, 0.5) is 0 Å². The zero-order valence-corrected chi connectivity index (χ0v) is 15.1. The zero-order chi connectivity index (χ0) is 17.6. The van der Waals surface area contributed by atoms with Crippen LogP contribution in [0.3, 0.4) is 0 Å². The van der Waals surface area contributed by atoms with Crippen LogP contribution in [0.15, 0.2) is 54.6 Å². The van der Waals surface area contributed by atoms with Crippen molar-refractivity contribution in [3.63, 3.8) is 0 Å². The Balaban J connectivity index is 1.64. The van der Waals surface area contributed by atoms with Crippen molar-refractivity contribution in [2.75, 3.05) is 11.6 Å². The van der Waals surface area contributed by atoms with E-state index in [0.29, 0.717) is 23.7 Å². The maximum atomic E-state index is 12.8. The molecule has 1 fully saturated rings. The van der Waals surface area contributed by atoms with Gasteiger partial charge in [0.25, 0.3) is 5.91 Å².